The summed E-state index contributed by atoms with van der Waals surface area (Å²) in [6, 6.07) is 3.97. The van der Waals surface area contributed by atoms with Crippen molar-refractivity contribution in [2.45, 2.75) is 55.5 Å². The van der Waals surface area contributed by atoms with Crippen molar-refractivity contribution in [1.82, 2.24) is 20.0 Å². The molecule has 1 aliphatic rings. The fourth-order valence-corrected chi connectivity index (χ4v) is 6.00. The van der Waals surface area contributed by atoms with Gasteiger partial charge >= 0.3 is 22.8 Å². The number of aromatic nitrogens is 4. The largest absolute Gasteiger partial charge is 0.463 e. The zero-order valence-corrected chi connectivity index (χ0v) is 23.8. The van der Waals surface area contributed by atoms with Crippen molar-refractivity contribution in [2.75, 3.05) is 6.61 Å². The van der Waals surface area contributed by atoms with Gasteiger partial charge in [0.2, 0.25) is 0 Å². The Kier molecular flexibility index (Phi) is 9.33. The molecule has 39 heavy (non-hydrogen) atoms. The number of carbonyl (C=O) groups is 3. The van der Waals surface area contributed by atoms with E-state index in [-0.39, 0.29) is 11.5 Å². The number of rotatable bonds is 8. The molecule has 0 unspecified atom stereocenters. The van der Waals surface area contributed by atoms with Crippen LogP contribution in [0.25, 0.3) is 11.4 Å². The maximum Gasteiger partial charge on any atom is 0.304 e. The number of thiazole rings is 1. The molecule has 0 amide bonds. The zero-order chi connectivity index (χ0) is 28.3. The quantitative estimate of drug-likeness (QED) is 0.292. The molecule has 0 saturated carbocycles. The van der Waals surface area contributed by atoms with E-state index in [9.17, 15) is 19.2 Å². The van der Waals surface area contributed by atoms with E-state index >= 15 is 0 Å². The number of nitrogens with zero attached hydrogens (tertiary/aromatic N) is 3. The summed E-state index contributed by atoms with van der Waals surface area (Å²) >= 11 is 14.4. The number of carbonyl (C=O) groups excluding carboxylic acids is 3. The van der Waals surface area contributed by atoms with E-state index in [1.54, 1.807) is 23.6 Å². The van der Waals surface area contributed by atoms with Crippen molar-refractivity contribution in [3.05, 3.63) is 49.5 Å². The van der Waals surface area contributed by atoms with Crippen LogP contribution in [0.2, 0.25) is 10.0 Å². The lowest BCUT2D eigenvalue weighted by molar-refractivity contribution is -0.212. The van der Waals surface area contributed by atoms with Crippen LogP contribution in [0.5, 0.6) is 0 Å². The van der Waals surface area contributed by atoms with Crippen molar-refractivity contribution in [2.24, 2.45) is 0 Å². The first kappa shape index (κ1) is 29.1. The van der Waals surface area contributed by atoms with Crippen LogP contribution in [0.1, 0.15) is 26.8 Å². The summed E-state index contributed by atoms with van der Waals surface area (Å²) in [5, 5.41) is 10.6. The molecule has 0 spiro atoms. The van der Waals surface area contributed by atoms with E-state index in [0.717, 1.165) is 11.3 Å². The summed E-state index contributed by atoms with van der Waals surface area (Å²) in [4.78, 5) is 50.7. The molecular formula is C23H22Cl2N4O8S2. The second-order valence-electron chi connectivity index (χ2n) is 8.32. The third-order valence-corrected chi connectivity index (χ3v) is 7.97. The zero-order valence-electron chi connectivity index (χ0n) is 20.7. The Labute approximate surface area is 239 Å². The lowest BCUT2D eigenvalue weighted by atomic mass is 9.96. The second-order valence-corrected chi connectivity index (χ2v) is 11.2. The van der Waals surface area contributed by atoms with E-state index in [2.05, 4.69) is 15.3 Å². The number of esters is 3. The van der Waals surface area contributed by atoms with Gasteiger partial charge in [0.15, 0.2) is 12.2 Å². The van der Waals surface area contributed by atoms with Gasteiger partial charge in [-0.05, 0) is 18.2 Å². The standard InChI is InChI=1S/C23H22Cl2N4O8S2/c1-10(30)34-8-18-20(35-11(2)31)19(29-7-16(27-28-29)17-9-38-23(33)26-17)21(36-12(3)32)22(37-18)39-13-4-5-14(24)15(25)6-13/h4-7,9,18-22H,8H2,1-3H3,(H,26,33)/t18-,19+,20+,21-,22-/m1/s1. The monoisotopic (exact) mass is 616 g/mol. The van der Waals surface area contributed by atoms with Crippen molar-refractivity contribution in [3.63, 3.8) is 0 Å². The first-order valence-corrected chi connectivity index (χ1v) is 13.9. The van der Waals surface area contributed by atoms with Gasteiger partial charge in [-0.25, -0.2) is 4.68 Å². The number of ether oxygens (including phenoxy) is 4. The highest BCUT2D eigenvalue weighted by molar-refractivity contribution is 7.99. The topological polar surface area (TPSA) is 152 Å². The molecule has 0 bridgehead atoms. The predicted molar refractivity (Wildman–Crippen MR) is 142 cm³/mol. The van der Waals surface area contributed by atoms with Crippen molar-refractivity contribution < 1.29 is 33.3 Å². The molecule has 1 aliphatic heterocycles. The number of hydrogen-bond acceptors (Lipinski definition) is 12. The molecule has 0 radical (unpaired) electrons. The molecule has 1 aromatic carbocycles. The van der Waals surface area contributed by atoms with Crippen LogP contribution in [0.3, 0.4) is 0 Å². The minimum Gasteiger partial charge on any atom is -0.463 e. The van der Waals surface area contributed by atoms with Crippen LogP contribution in [-0.4, -0.2) is 68.2 Å². The summed E-state index contributed by atoms with van der Waals surface area (Å²) in [7, 11) is 0. The normalized spacial score (nSPS) is 22.7. The van der Waals surface area contributed by atoms with Gasteiger partial charge < -0.3 is 23.9 Å². The minimum atomic E-state index is -1.12. The Morgan fingerprint density at radius 2 is 1.82 bits per heavy atom. The van der Waals surface area contributed by atoms with E-state index in [1.165, 1.54) is 43.4 Å². The van der Waals surface area contributed by atoms with Crippen LogP contribution in [0.15, 0.2) is 39.5 Å². The average Bonchev–Trinajstić information content (AvgIpc) is 3.50. The average molecular weight is 617 g/mol. The Morgan fingerprint density at radius 1 is 1.10 bits per heavy atom. The van der Waals surface area contributed by atoms with E-state index in [1.807, 2.05) is 0 Å². The molecule has 1 saturated heterocycles. The number of thioether (sulfide) groups is 1. The molecule has 2 aromatic heterocycles. The lowest BCUT2D eigenvalue weighted by Crippen LogP contribution is -2.57. The van der Waals surface area contributed by atoms with Crippen LogP contribution < -0.4 is 4.87 Å². The van der Waals surface area contributed by atoms with Crippen LogP contribution in [-0.2, 0) is 33.3 Å². The predicted octanol–water partition coefficient (Wildman–Crippen LogP) is 3.49. The van der Waals surface area contributed by atoms with Crippen LogP contribution >= 0.6 is 46.3 Å². The van der Waals surface area contributed by atoms with Crippen LogP contribution in [0.4, 0.5) is 0 Å². The number of hydrogen-bond donors (Lipinski definition) is 1. The number of H-pyrrole nitrogens is 1. The SMILES string of the molecule is CC(=O)OC[C@H]1O[C@H](Sc2ccc(Cl)c(Cl)c2)[C@H](OC(C)=O)[C@@H](n2cc(-c3csc(=O)[nH]3)nn2)[C@H]1OC(C)=O. The number of benzene rings is 1. The van der Waals surface area contributed by atoms with E-state index in [0.29, 0.717) is 26.3 Å². The second kappa shape index (κ2) is 12.5. The molecule has 5 atom stereocenters. The summed E-state index contributed by atoms with van der Waals surface area (Å²) in [5.41, 5.74) is -0.153. The fraction of sp³-hybridized carbons (Fsp3) is 0.391. The molecule has 208 valence electrons. The summed E-state index contributed by atoms with van der Waals surface area (Å²) in [6.45, 7) is 3.40. The van der Waals surface area contributed by atoms with Gasteiger partial charge in [-0.1, -0.05) is 51.5 Å². The summed E-state index contributed by atoms with van der Waals surface area (Å²) < 4.78 is 24.2. The summed E-state index contributed by atoms with van der Waals surface area (Å²) in [5.74, 6) is -1.85. The van der Waals surface area contributed by atoms with E-state index < -0.39 is 47.7 Å². The van der Waals surface area contributed by atoms with Gasteiger partial charge in [0.05, 0.1) is 21.9 Å². The summed E-state index contributed by atoms with van der Waals surface area (Å²) in [6.07, 6.45) is -1.66. The number of halogens is 2. The van der Waals surface area contributed by atoms with Gasteiger partial charge in [0.1, 0.15) is 29.9 Å². The maximum absolute atomic E-state index is 12.3. The molecule has 3 aromatic rings. The Balaban J connectivity index is 1.80. The first-order valence-electron chi connectivity index (χ1n) is 11.4. The van der Waals surface area contributed by atoms with Crippen molar-refractivity contribution in [3.8, 4) is 11.4 Å². The molecule has 16 heteroatoms. The number of aromatic amines is 1. The Morgan fingerprint density at radius 3 is 2.44 bits per heavy atom. The fourth-order valence-electron chi connectivity index (χ4n) is 3.91. The van der Waals surface area contributed by atoms with Crippen molar-refractivity contribution >= 4 is 64.2 Å². The van der Waals surface area contributed by atoms with Gasteiger partial charge in [-0.2, -0.15) is 0 Å². The molecule has 0 aliphatic carbocycles. The van der Waals surface area contributed by atoms with Crippen LogP contribution in [0, 0.1) is 0 Å². The van der Waals surface area contributed by atoms with Gasteiger partial charge in [-0.15, -0.1) is 5.10 Å². The van der Waals surface area contributed by atoms with Gasteiger partial charge in [0.25, 0.3) is 0 Å². The smallest absolute Gasteiger partial charge is 0.304 e. The Hall–Kier alpha value is -2.91. The third kappa shape index (κ3) is 7.19. The minimum absolute atomic E-state index is 0.269. The van der Waals surface area contributed by atoms with Gasteiger partial charge in [-0.3, -0.25) is 19.2 Å². The number of nitrogens with one attached hydrogen (secondary N) is 1. The molecular weight excluding hydrogens is 595 g/mol. The highest BCUT2D eigenvalue weighted by Gasteiger charge is 2.52. The lowest BCUT2D eigenvalue weighted by Gasteiger charge is -2.44. The third-order valence-electron chi connectivity index (χ3n) is 5.43. The first-order chi connectivity index (χ1) is 18.5. The Bertz CT molecular complexity index is 1430. The molecule has 12 nitrogen and oxygen atoms in total. The van der Waals surface area contributed by atoms with E-state index in [4.69, 9.17) is 42.1 Å². The molecule has 3 heterocycles. The van der Waals surface area contributed by atoms with Crippen molar-refractivity contribution in [1.29, 1.82) is 0 Å². The molecule has 1 fully saturated rings. The highest BCUT2D eigenvalue weighted by Crippen LogP contribution is 2.42. The molecule has 1 N–H and O–H groups in total. The van der Waals surface area contributed by atoms with Gasteiger partial charge in [0, 0.05) is 31.0 Å². The highest BCUT2D eigenvalue weighted by atomic mass is 35.5. The molecule has 4 rings (SSSR count). The maximum atomic E-state index is 12.3.